The second-order valence-corrected chi connectivity index (χ2v) is 4.83. The van der Waals surface area contributed by atoms with Gasteiger partial charge in [-0.15, -0.1) is 0 Å². The summed E-state index contributed by atoms with van der Waals surface area (Å²) in [6.07, 6.45) is 6.76. The van der Waals surface area contributed by atoms with Crippen molar-refractivity contribution in [2.45, 2.75) is 19.3 Å². The van der Waals surface area contributed by atoms with Gasteiger partial charge in [-0.25, -0.2) is 0 Å². The van der Waals surface area contributed by atoms with E-state index in [1.165, 1.54) is 5.69 Å². The predicted molar refractivity (Wildman–Crippen MR) is 78.9 cm³/mol. The van der Waals surface area contributed by atoms with E-state index in [0.717, 1.165) is 5.56 Å². The molecule has 0 fully saturated rings. The van der Waals surface area contributed by atoms with Crippen LogP contribution < -0.4 is 0 Å². The third-order valence-corrected chi connectivity index (χ3v) is 3.19. The van der Waals surface area contributed by atoms with E-state index >= 15 is 0 Å². The van der Waals surface area contributed by atoms with Crippen molar-refractivity contribution in [3.05, 3.63) is 66.0 Å². The minimum absolute atomic E-state index is 0.137. The molecule has 1 aromatic carbocycles. The Morgan fingerprint density at radius 3 is 2.53 bits per heavy atom. The fourth-order valence-electron chi connectivity index (χ4n) is 2.23. The summed E-state index contributed by atoms with van der Waals surface area (Å²) < 4.78 is 2.07. The standard InChI is InChI=1S/C17H19NO/c1-14(19)13-16(17-9-6-12-18(17)2)11-10-15-7-4-3-5-8-15/h3-12,16H,13H2,1-2H3/b11-10+/t16-/m1/s1. The molecule has 0 N–H and O–H groups in total. The van der Waals surface area contributed by atoms with Crippen molar-refractivity contribution in [3.63, 3.8) is 0 Å². The summed E-state index contributed by atoms with van der Waals surface area (Å²) in [7, 11) is 2.01. The Bertz CT molecular complexity index is 566. The molecule has 1 atom stereocenters. The van der Waals surface area contributed by atoms with Gasteiger partial charge in [-0.3, -0.25) is 4.79 Å². The van der Waals surface area contributed by atoms with Crippen molar-refractivity contribution in [2.24, 2.45) is 7.05 Å². The highest BCUT2D eigenvalue weighted by atomic mass is 16.1. The molecule has 2 rings (SSSR count). The quantitative estimate of drug-likeness (QED) is 0.794. The molecule has 2 heteroatoms. The Morgan fingerprint density at radius 1 is 1.21 bits per heavy atom. The van der Waals surface area contributed by atoms with Gasteiger partial charge < -0.3 is 4.57 Å². The Balaban J connectivity index is 2.22. The van der Waals surface area contributed by atoms with E-state index in [1.807, 2.05) is 37.5 Å². The Labute approximate surface area is 114 Å². The van der Waals surface area contributed by atoms with Gasteiger partial charge in [0.15, 0.2) is 0 Å². The van der Waals surface area contributed by atoms with Gasteiger partial charge in [-0.2, -0.15) is 0 Å². The van der Waals surface area contributed by atoms with E-state index < -0.39 is 0 Å². The predicted octanol–water partition coefficient (Wildman–Crippen LogP) is 3.80. The summed E-state index contributed by atoms with van der Waals surface area (Å²) in [5.74, 6) is 0.349. The first-order valence-corrected chi connectivity index (χ1v) is 6.50. The second-order valence-electron chi connectivity index (χ2n) is 4.83. The van der Waals surface area contributed by atoms with Gasteiger partial charge in [-0.05, 0) is 24.6 Å². The smallest absolute Gasteiger partial charge is 0.130 e. The Morgan fingerprint density at radius 2 is 1.95 bits per heavy atom. The van der Waals surface area contributed by atoms with Crippen molar-refractivity contribution in [1.29, 1.82) is 0 Å². The minimum Gasteiger partial charge on any atom is -0.354 e. The molecule has 98 valence electrons. The van der Waals surface area contributed by atoms with Gasteiger partial charge in [0.1, 0.15) is 5.78 Å². The lowest BCUT2D eigenvalue weighted by atomic mass is 9.97. The molecule has 0 saturated heterocycles. The van der Waals surface area contributed by atoms with Crippen LogP contribution in [0, 0.1) is 0 Å². The molecule has 0 bridgehead atoms. The monoisotopic (exact) mass is 253 g/mol. The van der Waals surface area contributed by atoms with Crippen molar-refractivity contribution in [3.8, 4) is 0 Å². The van der Waals surface area contributed by atoms with Gasteiger partial charge in [0.05, 0.1) is 0 Å². The summed E-state index contributed by atoms with van der Waals surface area (Å²) in [5, 5.41) is 0. The molecule has 2 aromatic rings. The van der Waals surface area contributed by atoms with Crippen molar-refractivity contribution in [1.82, 2.24) is 4.57 Å². The number of carbonyl (C=O) groups excluding carboxylic acids is 1. The first-order chi connectivity index (χ1) is 9.16. The van der Waals surface area contributed by atoms with Gasteiger partial charge in [0, 0.05) is 31.3 Å². The summed E-state index contributed by atoms with van der Waals surface area (Å²) >= 11 is 0. The summed E-state index contributed by atoms with van der Waals surface area (Å²) in [6, 6.07) is 14.2. The van der Waals surface area contributed by atoms with Crippen LogP contribution in [0.2, 0.25) is 0 Å². The highest BCUT2D eigenvalue weighted by molar-refractivity contribution is 5.77. The molecule has 0 amide bonds. The van der Waals surface area contributed by atoms with E-state index in [2.05, 4.69) is 34.9 Å². The zero-order valence-corrected chi connectivity index (χ0v) is 11.4. The van der Waals surface area contributed by atoms with E-state index in [4.69, 9.17) is 0 Å². The number of hydrogen-bond donors (Lipinski definition) is 0. The summed E-state index contributed by atoms with van der Waals surface area (Å²) in [6.45, 7) is 1.65. The number of aromatic nitrogens is 1. The van der Waals surface area contributed by atoms with Crippen molar-refractivity contribution in [2.75, 3.05) is 0 Å². The number of Topliss-reactive ketones (excluding diaryl/α,β-unsaturated/α-hetero) is 1. The number of nitrogens with zero attached hydrogens (tertiary/aromatic N) is 1. The average molecular weight is 253 g/mol. The highest BCUT2D eigenvalue weighted by Gasteiger charge is 2.13. The van der Waals surface area contributed by atoms with Gasteiger partial charge in [0.25, 0.3) is 0 Å². The van der Waals surface area contributed by atoms with E-state index in [9.17, 15) is 4.79 Å². The highest BCUT2D eigenvalue weighted by Crippen LogP contribution is 2.22. The topological polar surface area (TPSA) is 22.0 Å². The van der Waals surface area contributed by atoms with E-state index in [0.29, 0.717) is 6.42 Å². The van der Waals surface area contributed by atoms with Crippen LogP contribution in [0.5, 0.6) is 0 Å². The lowest BCUT2D eigenvalue weighted by Gasteiger charge is -2.12. The SMILES string of the molecule is CC(=O)C[C@@H](/C=C/c1ccccc1)c1cccn1C. The summed E-state index contributed by atoms with van der Waals surface area (Å²) in [5.41, 5.74) is 2.33. The van der Waals surface area contributed by atoms with Gasteiger partial charge in [-0.1, -0.05) is 42.5 Å². The number of benzene rings is 1. The van der Waals surface area contributed by atoms with Crippen LogP contribution in [0.25, 0.3) is 6.08 Å². The molecular weight excluding hydrogens is 234 g/mol. The molecule has 1 aromatic heterocycles. The van der Waals surface area contributed by atoms with Gasteiger partial charge >= 0.3 is 0 Å². The zero-order valence-electron chi connectivity index (χ0n) is 11.4. The number of ketones is 1. The third-order valence-electron chi connectivity index (χ3n) is 3.19. The fourth-order valence-corrected chi connectivity index (χ4v) is 2.23. The van der Waals surface area contributed by atoms with Crippen LogP contribution in [0.1, 0.15) is 30.5 Å². The van der Waals surface area contributed by atoms with Crippen LogP contribution in [0.4, 0.5) is 0 Å². The first kappa shape index (κ1) is 13.3. The number of allylic oxidation sites excluding steroid dienone is 1. The molecule has 0 radical (unpaired) electrons. The Hall–Kier alpha value is -2.09. The molecule has 2 nitrogen and oxygen atoms in total. The molecule has 0 aliphatic rings. The maximum atomic E-state index is 11.4. The number of rotatable bonds is 5. The second kappa shape index (κ2) is 6.19. The third kappa shape index (κ3) is 3.68. The molecule has 0 aliphatic heterocycles. The molecule has 19 heavy (non-hydrogen) atoms. The van der Waals surface area contributed by atoms with Crippen molar-refractivity contribution >= 4 is 11.9 Å². The molecule has 0 aliphatic carbocycles. The number of hydrogen-bond acceptors (Lipinski definition) is 1. The van der Waals surface area contributed by atoms with Crippen molar-refractivity contribution < 1.29 is 4.79 Å². The van der Waals surface area contributed by atoms with Crippen LogP contribution in [-0.2, 0) is 11.8 Å². The minimum atomic E-state index is 0.137. The first-order valence-electron chi connectivity index (χ1n) is 6.50. The normalized spacial score (nSPS) is 12.7. The largest absolute Gasteiger partial charge is 0.354 e. The number of aryl methyl sites for hydroxylation is 1. The zero-order chi connectivity index (χ0) is 13.7. The molecule has 0 spiro atoms. The molecule has 0 unspecified atom stereocenters. The molecule has 1 heterocycles. The van der Waals surface area contributed by atoms with Crippen LogP contribution in [0.15, 0.2) is 54.7 Å². The Kier molecular flexibility index (Phi) is 4.35. The summed E-state index contributed by atoms with van der Waals surface area (Å²) in [4.78, 5) is 11.4. The lowest BCUT2D eigenvalue weighted by Crippen LogP contribution is -2.06. The fraction of sp³-hybridized carbons (Fsp3) is 0.235. The van der Waals surface area contributed by atoms with Gasteiger partial charge in [0.2, 0.25) is 0 Å². The van der Waals surface area contributed by atoms with Crippen LogP contribution in [-0.4, -0.2) is 10.4 Å². The maximum Gasteiger partial charge on any atom is 0.130 e. The van der Waals surface area contributed by atoms with Crippen LogP contribution in [0.3, 0.4) is 0 Å². The van der Waals surface area contributed by atoms with Crippen LogP contribution >= 0.6 is 0 Å². The lowest BCUT2D eigenvalue weighted by molar-refractivity contribution is -0.117. The average Bonchev–Trinajstić information content (AvgIpc) is 2.81. The molecule has 0 saturated carbocycles. The number of carbonyl (C=O) groups is 1. The maximum absolute atomic E-state index is 11.4. The molecular formula is C17H19NO. The van der Waals surface area contributed by atoms with E-state index in [1.54, 1.807) is 6.92 Å². The van der Waals surface area contributed by atoms with E-state index in [-0.39, 0.29) is 11.7 Å².